The summed E-state index contributed by atoms with van der Waals surface area (Å²) in [5.74, 6) is 0.768. The van der Waals surface area contributed by atoms with Gasteiger partial charge in [0.05, 0.1) is 5.54 Å². The number of hydrogen-bond donors (Lipinski definition) is 2. The normalized spacial score (nSPS) is 31.9. The van der Waals surface area contributed by atoms with Crippen LogP contribution in [0.15, 0.2) is 0 Å². The van der Waals surface area contributed by atoms with Crippen LogP contribution in [0.25, 0.3) is 0 Å². The number of carbonyl (C=O) groups is 1. The van der Waals surface area contributed by atoms with Crippen molar-refractivity contribution in [3.05, 3.63) is 0 Å². The van der Waals surface area contributed by atoms with E-state index >= 15 is 0 Å². The fourth-order valence-electron chi connectivity index (χ4n) is 3.71. The van der Waals surface area contributed by atoms with Gasteiger partial charge in [0.1, 0.15) is 0 Å². The monoisotopic (exact) mass is 281 g/mol. The molecule has 0 aliphatic heterocycles. The molecule has 0 atom stereocenters. The molecule has 2 rings (SSSR count). The predicted molar refractivity (Wildman–Crippen MR) is 82.6 cm³/mol. The van der Waals surface area contributed by atoms with Crippen LogP contribution in [0.4, 0.5) is 4.79 Å². The van der Waals surface area contributed by atoms with E-state index in [0.29, 0.717) is 12.6 Å². The van der Waals surface area contributed by atoms with Gasteiger partial charge in [0.25, 0.3) is 0 Å². The van der Waals surface area contributed by atoms with Crippen molar-refractivity contribution in [1.82, 2.24) is 10.2 Å². The Kier molecular flexibility index (Phi) is 5.30. The van der Waals surface area contributed by atoms with Crippen molar-refractivity contribution >= 4 is 6.03 Å². The first-order chi connectivity index (χ1) is 9.57. The molecule has 20 heavy (non-hydrogen) atoms. The number of rotatable bonds is 3. The van der Waals surface area contributed by atoms with Gasteiger partial charge < -0.3 is 16.0 Å². The average Bonchev–Trinajstić information content (AvgIpc) is 2.49. The number of hydrogen-bond acceptors (Lipinski definition) is 2. The molecular formula is C16H31N3O. The van der Waals surface area contributed by atoms with E-state index in [1.54, 1.807) is 0 Å². The minimum absolute atomic E-state index is 0.0805. The molecule has 0 unspecified atom stereocenters. The standard InChI is InChI=1S/C16H31N3O/c1-13-8-10-16(12-17,11-9-13)19(2)15(20)18-14-6-4-3-5-7-14/h13-14H,3-12,17H2,1-2H3,(H,18,20). The van der Waals surface area contributed by atoms with Crippen molar-refractivity contribution in [2.75, 3.05) is 13.6 Å². The molecule has 4 nitrogen and oxygen atoms in total. The third-order valence-corrected chi connectivity index (χ3v) is 5.53. The number of carbonyl (C=O) groups excluding carboxylic acids is 1. The molecule has 0 bridgehead atoms. The highest BCUT2D eigenvalue weighted by Gasteiger charge is 2.39. The van der Waals surface area contributed by atoms with Crippen molar-refractivity contribution in [3.63, 3.8) is 0 Å². The maximum Gasteiger partial charge on any atom is 0.317 e. The summed E-state index contributed by atoms with van der Waals surface area (Å²) in [6.45, 7) is 2.87. The highest BCUT2D eigenvalue weighted by molar-refractivity contribution is 5.75. The van der Waals surface area contributed by atoms with Gasteiger partial charge in [-0.2, -0.15) is 0 Å². The quantitative estimate of drug-likeness (QED) is 0.835. The molecule has 0 aromatic carbocycles. The molecule has 0 spiro atoms. The zero-order valence-electron chi connectivity index (χ0n) is 13.2. The predicted octanol–water partition coefficient (Wildman–Crippen LogP) is 2.87. The second-order valence-electron chi connectivity index (χ2n) is 6.95. The Balaban J connectivity index is 1.93. The van der Waals surface area contributed by atoms with Gasteiger partial charge in [0.2, 0.25) is 0 Å². The summed E-state index contributed by atoms with van der Waals surface area (Å²) in [6, 6.07) is 0.452. The van der Waals surface area contributed by atoms with Crippen molar-refractivity contribution in [3.8, 4) is 0 Å². The van der Waals surface area contributed by atoms with Gasteiger partial charge in [-0.15, -0.1) is 0 Å². The number of nitrogens with zero attached hydrogens (tertiary/aromatic N) is 1. The van der Waals surface area contributed by atoms with E-state index in [4.69, 9.17) is 5.73 Å². The lowest BCUT2D eigenvalue weighted by atomic mass is 9.76. The topological polar surface area (TPSA) is 58.4 Å². The van der Waals surface area contributed by atoms with E-state index in [-0.39, 0.29) is 11.6 Å². The lowest BCUT2D eigenvalue weighted by Crippen LogP contribution is -2.59. The summed E-state index contributed by atoms with van der Waals surface area (Å²) in [6.07, 6.45) is 10.5. The zero-order chi connectivity index (χ0) is 14.6. The number of nitrogens with one attached hydrogen (secondary N) is 1. The Morgan fingerprint density at radius 1 is 1.20 bits per heavy atom. The fourth-order valence-corrected chi connectivity index (χ4v) is 3.71. The van der Waals surface area contributed by atoms with Crippen LogP contribution in [0.5, 0.6) is 0 Å². The second kappa shape index (κ2) is 6.79. The third-order valence-electron chi connectivity index (χ3n) is 5.53. The fraction of sp³-hybridized carbons (Fsp3) is 0.938. The molecule has 2 fully saturated rings. The van der Waals surface area contributed by atoms with Gasteiger partial charge in [0, 0.05) is 19.6 Å². The SMILES string of the molecule is CC1CCC(CN)(N(C)C(=O)NC2CCCCC2)CC1. The number of amides is 2. The third kappa shape index (κ3) is 3.46. The Morgan fingerprint density at radius 3 is 2.35 bits per heavy atom. The summed E-state index contributed by atoms with van der Waals surface area (Å²) in [4.78, 5) is 14.4. The maximum absolute atomic E-state index is 12.5. The lowest BCUT2D eigenvalue weighted by molar-refractivity contribution is 0.0875. The number of likely N-dealkylation sites (N-methyl/N-ethyl adjacent to an activating group) is 1. The van der Waals surface area contributed by atoms with Crippen molar-refractivity contribution in [2.45, 2.75) is 76.3 Å². The van der Waals surface area contributed by atoms with Gasteiger partial charge in [0.15, 0.2) is 0 Å². The number of nitrogens with two attached hydrogens (primary N) is 1. The summed E-state index contributed by atoms with van der Waals surface area (Å²) in [7, 11) is 1.93. The Bertz CT molecular complexity index is 318. The average molecular weight is 281 g/mol. The zero-order valence-corrected chi connectivity index (χ0v) is 13.2. The summed E-state index contributed by atoms with van der Waals surface area (Å²) in [5.41, 5.74) is 5.91. The van der Waals surface area contributed by atoms with E-state index in [2.05, 4.69) is 12.2 Å². The molecular weight excluding hydrogens is 250 g/mol. The van der Waals surface area contributed by atoms with Crippen LogP contribution in [0, 0.1) is 5.92 Å². The maximum atomic E-state index is 12.5. The van der Waals surface area contributed by atoms with Crippen LogP contribution in [-0.4, -0.2) is 36.1 Å². The highest BCUT2D eigenvalue weighted by Crippen LogP contribution is 2.35. The first-order valence-corrected chi connectivity index (χ1v) is 8.32. The van der Waals surface area contributed by atoms with E-state index < -0.39 is 0 Å². The van der Waals surface area contributed by atoms with E-state index in [0.717, 1.165) is 31.6 Å². The van der Waals surface area contributed by atoms with Gasteiger partial charge >= 0.3 is 6.03 Å². The van der Waals surface area contributed by atoms with Crippen LogP contribution >= 0.6 is 0 Å². The summed E-state index contributed by atoms with van der Waals surface area (Å²) >= 11 is 0. The van der Waals surface area contributed by atoms with Crippen molar-refractivity contribution < 1.29 is 4.79 Å². The molecule has 0 heterocycles. The first kappa shape index (κ1) is 15.6. The Morgan fingerprint density at radius 2 is 1.80 bits per heavy atom. The minimum atomic E-state index is -0.120. The molecule has 2 aliphatic carbocycles. The van der Waals surface area contributed by atoms with Crippen LogP contribution in [0.3, 0.4) is 0 Å². The van der Waals surface area contributed by atoms with Crippen molar-refractivity contribution in [1.29, 1.82) is 0 Å². The van der Waals surface area contributed by atoms with Crippen LogP contribution in [0.1, 0.15) is 64.7 Å². The van der Waals surface area contributed by atoms with Crippen LogP contribution in [-0.2, 0) is 0 Å². The molecule has 2 aliphatic rings. The van der Waals surface area contributed by atoms with Gasteiger partial charge in [-0.3, -0.25) is 0 Å². The molecule has 116 valence electrons. The van der Waals surface area contributed by atoms with Gasteiger partial charge in [-0.05, 0) is 44.4 Å². The largest absolute Gasteiger partial charge is 0.335 e. The van der Waals surface area contributed by atoms with E-state index in [1.165, 1.54) is 32.1 Å². The van der Waals surface area contributed by atoms with Crippen LogP contribution < -0.4 is 11.1 Å². The van der Waals surface area contributed by atoms with Gasteiger partial charge in [-0.25, -0.2) is 4.79 Å². The smallest absolute Gasteiger partial charge is 0.317 e. The van der Waals surface area contributed by atoms with Gasteiger partial charge in [-0.1, -0.05) is 26.2 Å². The summed E-state index contributed by atoms with van der Waals surface area (Å²) < 4.78 is 0. The summed E-state index contributed by atoms with van der Waals surface area (Å²) in [5, 5.41) is 3.22. The Hall–Kier alpha value is -0.770. The molecule has 4 heteroatoms. The molecule has 2 saturated carbocycles. The molecule has 0 saturated heterocycles. The van der Waals surface area contributed by atoms with E-state index in [9.17, 15) is 4.79 Å². The lowest BCUT2D eigenvalue weighted by Gasteiger charge is -2.45. The van der Waals surface area contributed by atoms with E-state index in [1.807, 2.05) is 11.9 Å². The highest BCUT2D eigenvalue weighted by atomic mass is 16.2. The first-order valence-electron chi connectivity index (χ1n) is 8.32. The second-order valence-corrected chi connectivity index (χ2v) is 6.95. The number of urea groups is 1. The van der Waals surface area contributed by atoms with Crippen molar-refractivity contribution in [2.24, 2.45) is 11.7 Å². The molecule has 3 N–H and O–H groups in total. The molecule has 2 amide bonds. The molecule has 0 aromatic heterocycles. The molecule has 0 radical (unpaired) electrons. The Labute approximate surface area is 123 Å². The minimum Gasteiger partial charge on any atom is -0.335 e. The van der Waals surface area contributed by atoms with Crippen LogP contribution in [0.2, 0.25) is 0 Å². The molecule has 0 aromatic rings.